The molecule has 0 saturated carbocycles. The maximum atomic E-state index is 13.9. The van der Waals surface area contributed by atoms with Crippen molar-refractivity contribution in [3.63, 3.8) is 0 Å². The summed E-state index contributed by atoms with van der Waals surface area (Å²) in [7, 11) is -2.64. The van der Waals surface area contributed by atoms with E-state index in [-0.39, 0.29) is 5.66 Å². The molecule has 0 bridgehead atoms. The van der Waals surface area contributed by atoms with E-state index in [0.717, 1.165) is 28.2 Å². The van der Waals surface area contributed by atoms with Crippen LogP contribution in [-0.4, -0.2) is 5.66 Å². The van der Waals surface area contributed by atoms with E-state index < -0.39 is 7.14 Å². The fourth-order valence-corrected chi connectivity index (χ4v) is 6.43. The minimum atomic E-state index is -2.64. The number of hydrogen-bond donors (Lipinski definition) is 0. The molecule has 2 atom stereocenters. The summed E-state index contributed by atoms with van der Waals surface area (Å²) >= 11 is 0. The molecule has 1 aromatic carbocycles. The van der Waals surface area contributed by atoms with Crippen molar-refractivity contribution in [2.24, 2.45) is 0 Å². The van der Waals surface area contributed by atoms with Gasteiger partial charge >= 0.3 is 0 Å². The topological polar surface area (TPSA) is 17.1 Å². The fraction of sp³-hybridized carbons (Fsp3) is 0.263. The van der Waals surface area contributed by atoms with Gasteiger partial charge in [0.25, 0.3) is 0 Å². The third kappa shape index (κ3) is 2.51. The van der Waals surface area contributed by atoms with Gasteiger partial charge in [0.15, 0.2) is 0 Å². The second kappa shape index (κ2) is 6.03. The van der Waals surface area contributed by atoms with Gasteiger partial charge in [0.2, 0.25) is 0 Å². The highest BCUT2D eigenvalue weighted by atomic mass is 31.2. The normalized spacial score (nSPS) is 25.4. The molecule has 1 aliphatic rings. The van der Waals surface area contributed by atoms with Gasteiger partial charge in [-0.25, -0.2) is 0 Å². The van der Waals surface area contributed by atoms with Crippen molar-refractivity contribution in [1.29, 1.82) is 0 Å². The van der Waals surface area contributed by atoms with Crippen LogP contribution in [0.3, 0.4) is 0 Å². The van der Waals surface area contributed by atoms with Gasteiger partial charge < -0.3 is 4.57 Å². The largest absolute Gasteiger partial charge is 0.313 e. The van der Waals surface area contributed by atoms with Crippen LogP contribution in [0.2, 0.25) is 0 Å². The molecular weight excluding hydrogens is 275 g/mol. The molecule has 2 heteroatoms. The van der Waals surface area contributed by atoms with Crippen molar-refractivity contribution >= 4 is 18.0 Å². The zero-order valence-corrected chi connectivity index (χ0v) is 14.0. The summed E-state index contributed by atoms with van der Waals surface area (Å²) in [4.78, 5) is 0. The molecular formula is C19H23OP. The number of allylic oxidation sites excluding steroid dienone is 6. The number of benzene rings is 1. The van der Waals surface area contributed by atoms with Gasteiger partial charge in [-0.1, -0.05) is 61.2 Å². The molecule has 1 heterocycles. The van der Waals surface area contributed by atoms with Crippen LogP contribution in [0.1, 0.15) is 31.4 Å². The lowest BCUT2D eigenvalue weighted by atomic mass is 10.0. The van der Waals surface area contributed by atoms with Gasteiger partial charge in [0.1, 0.15) is 7.14 Å². The molecule has 1 aliphatic heterocycles. The summed E-state index contributed by atoms with van der Waals surface area (Å²) in [5.41, 5.74) is 3.23. The van der Waals surface area contributed by atoms with E-state index in [1.165, 1.54) is 5.56 Å². The van der Waals surface area contributed by atoms with E-state index in [1.54, 1.807) is 6.08 Å². The first-order valence-corrected chi connectivity index (χ1v) is 9.05. The zero-order valence-electron chi connectivity index (χ0n) is 13.1. The van der Waals surface area contributed by atoms with E-state index in [2.05, 4.69) is 32.2 Å². The first kappa shape index (κ1) is 15.8. The Morgan fingerprint density at radius 3 is 2.76 bits per heavy atom. The average Bonchev–Trinajstić information content (AvgIpc) is 2.67. The quantitative estimate of drug-likeness (QED) is 0.411. The molecule has 0 saturated heterocycles. The lowest BCUT2D eigenvalue weighted by molar-refractivity contribution is 0.582. The van der Waals surface area contributed by atoms with Crippen molar-refractivity contribution in [1.82, 2.24) is 0 Å². The molecule has 0 N–H and O–H groups in total. The molecule has 2 rings (SSSR count). The second-order valence-corrected chi connectivity index (χ2v) is 8.69. The van der Waals surface area contributed by atoms with Gasteiger partial charge in [0.05, 0.1) is 0 Å². The minimum Gasteiger partial charge on any atom is -0.313 e. The van der Waals surface area contributed by atoms with Gasteiger partial charge in [0, 0.05) is 11.0 Å². The number of rotatable bonds is 4. The van der Waals surface area contributed by atoms with Crippen LogP contribution in [-0.2, 0) is 4.57 Å². The molecule has 2 unspecified atom stereocenters. The Hall–Kier alpha value is -1.59. The van der Waals surface area contributed by atoms with Crippen LogP contribution in [0.5, 0.6) is 0 Å². The van der Waals surface area contributed by atoms with Crippen molar-refractivity contribution in [2.45, 2.75) is 32.9 Å². The lowest BCUT2D eigenvalue weighted by Gasteiger charge is -2.22. The molecule has 0 amide bonds. The van der Waals surface area contributed by atoms with E-state index in [4.69, 9.17) is 0 Å². The molecule has 110 valence electrons. The maximum Gasteiger partial charge on any atom is 0.147 e. The summed E-state index contributed by atoms with van der Waals surface area (Å²) < 4.78 is 13.9. The van der Waals surface area contributed by atoms with Crippen LogP contribution in [0.15, 0.2) is 61.0 Å². The van der Waals surface area contributed by atoms with Gasteiger partial charge in [-0.3, -0.25) is 0 Å². The molecule has 21 heavy (non-hydrogen) atoms. The molecule has 0 fully saturated rings. The molecule has 0 radical (unpaired) electrons. The summed E-state index contributed by atoms with van der Waals surface area (Å²) in [5, 5.41) is 1.87. The summed E-state index contributed by atoms with van der Waals surface area (Å²) in [6.07, 6.45) is 8.46. The SMILES string of the molecule is C=C/C=C(\C)P1(=O)c2ccc(C)cc2C(=C)C1C/C=C\C. The highest BCUT2D eigenvalue weighted by Gasteiger charge is 2.45. The maximum absolute atomic E-state index is 13.9. The predicted molar refractivity (Wildman–Crippen MR) is 94.6 cm³/mol. The lowest BCUT2D eigenvalue weighted by Crippen LogP contribution is -2.10. The standard InChI is InChI=1S/C19H23OP/c1-6-8-10-18-16(5)17-13-14(3)11-12-19(17)21(18,20)15(4)9-7-2/h6-9,11-13,18H,2,5,10H2,1,3-4H3/b8-6-,15-9+. The summed E-state index contributed by atoms with van der Waals surface area (Å²) in [6.45, 7) is 14.0. The van der Waals surface area contributed by atoms with Gasteiger partial charge in [-0.05, 0) is 43.6 Å². The third-order valence-electron chi connectivity index (χ3n) is 4.18. The Bertz CT molecular complexity index is 692. The molecule has 0 aliphatic carbocycles. The van der Waals surface area contributed by atoms with Crippen molar-refractivity contribution < 1.29 is 4.57 Å². The highest BCUT2D eigenvalue weighted by molar-refractivity contribution is 7.77. The van der Waals surface area contributed by atoms with Crippen molar-refractivity contribution in [2.75, 3.05) is 0 Å². The van der Waals surface area contributed by atoms with Crippen LogP contribution < -0.4 is 5.30 Å². The Morgan fingerprint density at radius 1 is 1.43 bits per heavy atom. The van der Waals surface area contributed by atoms with E-state index in [0.29, 0.717) is 0 Å². The number of aryl methyl sites for hydroxylation is 1. The van der Waals surface area contributed by atoms with Crippen molar-refractivity contribution in [3.05, 3.63) is 72.1 Å². The van der Waals surface area contributed by atoms with E-state index >= 15 is 0 Å². The van der Waals surface area contributed by atoms with Crippen LogP contribution in [0.25, 0.3) is 5.57 Å². The Balaban J connectivity index is 2.68. The van der Waals surface area contributed by atoms with Gasteiger partial charge in [-0.2, -0.15) is 0 Å². The predicted octanol–water partition coefficient (Wildman–Crippen LogP) is 5.43. The smallest absolute Gasteiger partial charge is 0.147 e. The van der Waals surface area contributed by atoms with Crippen LogP contribution >= 0.6 is 7.14 Å². The molecule has 1 aromatic rings. The van der Waals surface area contributed by atoms with Crippen LogP contribution in [0.4, 0.5) is 0 Å². The second-order valence-electron chi connectivity index (χ2n) is 5.57. The molecule has 1 nitrogen and oxygen atoms in total. The average molecular weight is 298 g/mol. The summed E-state index contributed by atoms with van der Waals surface area (Å²) in [6, 6.07) is 6.17. The minimum absolute atomic E-state index is 0.0262. The Morgan fingerprint density at radius 2 is 2.14 bits per heavy atom. The van der Waals surface area contributed by atoms with Gasteiger partial charge in [-0.15, -0.1) is 0 Å². The Labute approximate surface area is 128 Å². The molecule has 0 spiro atoms. The monoisotopic (exact) mass is 298 g/mol. The third-order valence-corrected chi connectivity index (χ3v) is 7.88. The zero-order chi connectivity index (χ0) is 15.6. The number of fused-ring (bicyclic) bond motifs is 1. The molecule has 0 aromatic heterocycles. The Kier molecular flexibility index (Phi) is 4.54. The highest BCUT2D eigenvalue weighted by Crippen LogP contribution is 2.66. The fourth-order valence-electron chi connectivity index (χ4n) is 3.04. The van der Waals surface area contributed by atoms with Crippen molar-refractivity contribution in [3.8, 4) is 0 Å². The first-order valence-electron chi connectivity index (χ1n) is 7.28. The van der Waals surface area contributed by atoms with E-state index in [9.17, 15) is 4.57 Å². The van der Waals surface area contributed by atoms with E-state index in [1.807, 2.05) is 38.1 Å². The summed E-state index contributed by atoms with van der Waals surface area (Å²) in [5.74, 6) is 0. The van der Waals surface area contributed by atoms with Crippen LogP contribution in [0, 0.1) is 6.92 Å². The first-order chi connectivity index (χ1) is 9.96. The number of hydrogen-bond acceptors (Lipinski definition) is 1.